The van der Waals surface area contributed by atoms with Crippen LogP contribution in [0.2, 0.25) is 5.02 Å². The molecule has 0 aliphatic heterocycles. The summed E-state index contributed by atoms with van der Waals surface area (Å²) in [5.74, 6) is 1.42. The van der Waals surface area contributed by atoms with Crippen LogP contribution in [-0.4, -0.2) is 40.1 Å². The van der Waals surface area contributed by atoms with E-state index in [0.717, 1.165) is 11.3 Å². The third-order valence-electron chi connectivity index (χ3n) is 3.84. The minimum Gasteiger partial charge on any atom is -0.496 e. The number of thioether (sulfide) groups is 1. The number of amides is 1. The molecule has 144 valence electrons. The largest absolute Gasteiger partial charge is 0.496 e. The van der Waals surface area contributed by atoms with Crippen LogP contribution in [0.15, 0.2) is 66.3 Å². The van der Waals surface area contributed by atoms with E-state index in [2.05, 4.69) is 22.1 Å². The topological polar surface area (TPSA) is 69.0 Å². The van der Waals surface area contributed by atoms with Crippen molar-refractivity contribution in [2.24, 2.45) is 0 Å². The van der Waals surface area contributed by atoms with Crippen molar-refractivity contribution < 1.29 is 9.53 Å². The van der Waals surface area contributed by atoms with Gasteiger partial charge >= 0.3 is 0 Å². The third kappa shape index (κ3) is 4.55. The van der Waals surface area contributed by atoms with Crippen molar-refractivity contribution in [3.8, 4) is 22.8 Å². The van der Waals surface area contributed by atoms with Crippen molar-refractivity contribution in [1.82, 2.24) is 20.1 Å². The van der Waals surface area contributed by atoms with Gasteiger partial charge in [0.2, 0.25) is 5.91 Å². The Labute approximate surface area is 172 Å². The van der Waals surface area contributed by atoms with E-state index in [1.54, 1.807) is 25.3 Å². The number of carbonyl (C=O) groups is 1. The molecular weight excluding hydrogens is 396 g/mol. The van der Waals surface area contributed by atoms with Crippen molar-refractivity contribution in [3.63, 3.8) is 0 Å². The fourth-order valence-electron chi connectivity index (χ4n) is 2.56. The zero-order valence-electron chi connectivity index (χ0n) is 15.3. The minimum atomic E-state index is -0.102. The quantitative estimate of drug-likeness (QED) is 0.446. The highest BCUT2D eigenvalue weighted by molar-refractivity contribution is 7.99. The molecular formula is C20H19ClN4O2S. The SMILES string of the molecule is C=CCNC(=O)CSc1nnc(-c2ccccc2OC)n1-c1ccc(Cl)cc1. The Morgan fingerprint density at radius 1 is 1.25 bits per heavy atom. The fourth-order valence-corrected chi connectivity index (χ4v) is 3.47. The summed E-state index contributed by atoms with van der Waals surface area (Å²) in [5.41, 5.74) is 1.64. The molecule has 0 atom stereocenters. The van der Waals surface area contributed by atoms with Crippen LogP contribution in [0.3, 0.4) is 0 Å². The number of halogens is 1. The Balaban J connectivity index is 2.01. The molecule has 0 radical (unpaired) electrons. The number of methoxy groups -OCH3 is 1. The molecule has 3 rings (SSSR count). The second kappa shape index (κ2) is 9.43. The number of rotatable bonds is 8. The van der Waals surface area contributed by atoms with Crippen molar-refractivity contribution >= 4 is 29.3 Å². The molecule has 1 heterocycles. The van der Waals surface area contributed by atoms with Crippen molar-refractivity contribution in [2.75, 3.05) is 19.4 Å². The lowest BCUT2D eigenvalue weighted by atomic mass is 10.2. The number of nitrogens with zero attached hydrogens (tertiary/aromatic N) is 3. The third-order valence-corrected chi connectivity index (χ3v) is 5.02. The van der Waals surface area contributed by atoms with Gasteiger partial charge in [0.1, 0.15) is 5.75 Å². The number of nitrogens with one attached hydrogen (secondary N) is 1. The molecule has 1 N–H and O–H groups in total. The van der Waals surface area contributed by atoms with Gasteiger partial charge in [-0.05, 0) is 36.4 Å². The lowest BCUT2D eigenvalue weighted by Crippen LogP contribution is -2.25. The maximum absolute atomic E-state index is 12.0. The summed E-state index contributed by atoms with van der Waals surface area (Å²) >= 11 is 7.34. The Morgan fingerprint density at radius 2 is 2.00 bits per heavy atom. The molecule has 0 saturated carbocycles. The van der Waals surface area contributed by atoms with Gasteiger partial charge < -0.3 is 10.1 Å². The van der Waals surface area contributed by atoms with E-state index in [1.807, 2.05) is 41.0 Å². The number of benzene rings is 2. The van der Waals surface area contributed by atoms with Crippen LogP contribution in [0.5, 0.6) is 5.75 Å². The highest BCUT2D eigenvalue weighted by Gasteiger charge is 2.19. The van der Waals surface area contributed by atoms with E-state index in [4.69, 9.17) is 16.3 Å². The molecule has 1 aromatic heterocycles. The van der Waals surface area contributed by atoms with E-state index in [-0.39, 0.29) is 11.7 Å². The Bertz CT molecular complexity index is 973. The van der Waals surface area contributed by atoms with Crippen LogP contribution in [0, 0.1) is 0 Å². The zero-order chi connectivity index (χ0) is 19.9. The second-order valence-corrected chi connectivity index (χ2v) is 7.08. The van der Waals surface area contributed by atoms with Gasteiger partial charge in [-0.2, -0.15) is 0 Å². The lowest BCUT2D eigenvalue weighted by molar-refractivity contribution is -0.118. The first-order chi connectivity index (χ1) is 13.6. The molecule has 8 heteroatoms. The first-order valence-corrected chi connectivity index (χ1v) is 9.85. The highest BCUT2D eigenvalue weighted by Crippen LogP contribution is 2.33. The van der Waals surface area contributed by atoms with Gasteiger partial charge in [-0.15, -0.1) is 16.8 Å². The fraction of sp³-hybridized carbons (Fsp3) is 0.150. The van der Waals surface area contributed by atoms with E-state index in [1.165, 1.54) is 11.8 Å². The Hall–Kier alpha value is -2.77. The second-order valence-electron chi connectivity index (χ2n) is 5.70. The van der Waals surface area contributed by atoms with Gasteiger partial charge in [-0.3, -0.25) is 9.36 Å². The van der Waals surface area contributed by atoms with Gasteiger partial charge in [0.15, 0.2) is 11.0 Å². The molecule has 0 spiro atoms. The van der Waals surface area contributed by atoms with Gasteiger partial charge in [0.25, 0.3) is 0 Å². The summed E-state index contributed by atoms with van der Waals surface area (Å²) in [6.45, 7) is 4.02. The normalized spacial score (nSPS) is 10.5. The summed E-state index contributed by atoms with van der Waals surface area (Å²) < 4.78 is 7.37. The number of para-hydroxylation sites is 1. The molecule has 0 saturated heterocycles. The van der Waals surface area contributed by atoms with Crippen molar-refractivity contribution in [1.29, 1.82) is 0 Å². The minimum absolute atomic E-state index is 0.102. The number of hydrogen-bond donors (Lipinski definition) is 1. The van der Waals surface area contributed by atoms with Crippen molar-refractivity contribution in [2.45, 2.75) is 5.16 Å². The first-order valence-electron chi connectivity index (χ1n) is 8.49. The van der Waals surface area contributed by atoms with Crippen LogP contribution in [0.25, 0.3) is 17.1 Å². The summed E-state index contributed by atoms with van der Waals surface area (Å²) in [4.78, 5) is 12.0. The number of carbonyl (C=O) groups excluding carboxylic acids is 1. The predicted molar refractivity (Wildman–Crippen MR) is 112 cm³/mol. The van der Waals surface area contributed by atoms with E-state index >= 15 is 0 Å². The van der Waals surface area contributed by atoms with E-state index < -0.39 is 0 Å². The number of aromatic nitrogens is 3. The predicted octanol–water partition coefficient (Wildman–Crippen LogP) is 3.99. The average molecular weight is 415 g/mol. The summed E-state index contributed by atoms with van der Waals surface area (Å²) in [6.07, 6.45) is 1.64. The molecule has 0 aliphatic rings. The molecule has 1 amide bonds. The summed E-state index contributed by atoms with van der Waals surface area (Å²) in [6, 6.07) is 15.0. The molecule has 3 aromatic rings. The molecule has 2 aromatic carbocycles. The molecule has 0 bridgehead atoms. The summed E-state index contributed by atoms with van der Waals surface area (Å²) in [5, 5.41) is 12.7. The van der Waals surface area contributed by atoms with E-state index in [9.17, 15) is 4.79 Å². The lowest BCUT2D eigenvalue weighted by Gasteiger charge is -2.12. The van der Waals surface area contributed by atoms with Gasteiger partial charge in [0, 0.05) is 17.3 Å². The molecule has 0 unspecified atom stereocenters. The Kier molecular flexibility index (Phi) is 6.73. The monoisotopic (exact) mass is 414 g/mol. The highest BCUT2D eigenvalue weighted by atomic mass is 35.5. The smallest absolute Gasteiger partial charge is 0.230 e. The first kappa shape index (κ1) is 20.0. The van der Waals surface area contributed by atoms with Gasteiger partial charge in [-0.25, -0.2) is 0 Å². The van der Waals surface area contributed by atoms with Crippen LogP contribution in [0.4, 0.5) is 0 Å². The maximum Gasteiger partial charge on any atom is 0.230 e. The Morgan fingerprint density at radius 3 is 2.71 bits per heavy atom. The van der Waals surface area contributed by atoms with Crippen LogP contribution in [-0.2, 0) is 4.79 Å². The molecule has 6 nitrogen and oxygen atoms in total. The van der Waals surface area contributed by atoms with Crippen LogP contribution in [0.1, 0.15) is 0 Å². The van der Waals surface area contributed by atoms with Crippen LogP contribution >= 0.6 is 23.4 Å². The van der Waals surface area contributed by atoms with Gasteiger partial charge in [-0.1, -0.05) is 41.6 Å². The van der Waals surface area contributed by atoms with E-state index in [0.29, 0.717) is 28.3 Å². The molecule has 0 aliphatic carbocycles. The average Bonchev–Trinajstić information content (AvgIpc) is 3.15. The van der Waals surface area contributed by atoms with Gasteiger partial charge in [0.05, 0.1) is 18.4 Å². The number of ether oxygens (including phenoxy) is 1. The standard InChI is InChI=1S/C20H19ClN4O2S/c1-3-12-22-18(26)13-28-20-24-23-19(16-6-4-5-7-17(16)27-2)25(20)15-10-8-14(21)9-11-15/h3-11H,1,12-13H2,2H3,(H,22,26). The maximum atomic E-state index is 12.0. The molecule has 28 heavy (non-hydrogen) atoms. The summed E-state index contributed by atoms with van der Waals surface area (Å²) in [7, 11) is 1.61. The molecule has 0 fully saturated rings. The zero-order valence-corrected chi connectivity index (χ0v) is 16.8. The van der Waals surface area contributed by atoms with Crippen molar-refractivity contribution in [3.05, 3.63) is 66.2 Å². The van der Waals surface area contributed by atoms with Crippen LogP contribution < -0.4 is 10.1 Å². The number of hydrogen-bond acceptors (Lipinski definition) is 5.